The zero-order chi connectivity index (χ0) is 17.0. The molecule has 1 fully saturated rings. The largest absolute Gasteiger partial charge is 0.444 e. The maximum atomic E-state index is 12.5. The van der Waals surface area contributed by atoms with Gasteiger partial charge in [0.05, 0.1) is 0 Å². The van der Waals surface area contributed by atoms with Crippen molar-refractivity contribution >= 4 is 17.4 Å². The Morgan fingerprint density at radius 2 is 2.22 bits per heavy atom. The third-order valence-corrected chi connectivity index (χ3v) is 5.41. The third kappa shape index (κ3) is 5.21. The summed E-state index contributed by atoms with van der Waals surface area (Å²) in [4.78, 5) is 18.1. The minimum Gasteiger partial charge on any atom is -0.444 e. The molecule has 2 rings (SSSR count). The predicted molar refractivity (Wildman–Crippen MR) is 95.9 cm³/mol. The number of likely N-dealkylation sites (tertiary alicyclic amines) is 1. The van der Waals surface area contributed by atoms with Crippen molar-refractivity contribution in [2.24, 2.45) is 0 Å². The lowest BCUT2D eigenvalue weighted by Gasteiger charge is -2.39. The molecule has 1 aromatic heterocycles. The van der Waals surface area contributed by atoms with Gasteiger partial charge in [0, 0.05) is 30.1 Å². The molecule has 1 amide bonds. The van der Waals surface area contributed by atoms with Gasteiger partial charge in [0.2, 0.25) is 0 Å². The summed E-state index contributed by atoms with van der Waals surface area (Å²) in [5, 5.41) is 2.12. The lowest BCUT2D eigenvalue weighted by molar-refractivity contribution is 0.00471. The molecular weight excluding hydrogens is 308 g/mol. The van der Waals surface area contributed by atoms with Gasteiger partial charge in [0.1, 0.15) is 5.60 Å². The average Bonchev–Trinajstić information content (AvgIpc) is 2.99. The van der Waals surface area contributed by atoms with Crippen molar-refractivity contribution in [1.82, 2.24) is 9.80 Å². The number of rotatable bonds is 4. The molecule has 0 spiro atoms. The van der Waals surface area contributed by atoms with Gasteiger partial charge >= 0.3 is 6.09 Å². The zero-order valence-electron chi connectivity index (χ0n) is 15.0. The van der Waals surface area contributed by atoms with E-state index in [0.717, 1.165) is 25.9 Å². The molecule has 0 saturated carbocycles. The Hall–Kier alpha value is -1.07. The topological polar surface area (TPSA) is 32.8 Å². The molecule has 2 heterocycles. The summed E-state index contributed by atoms with van der Waals surface area (Å²) in [6, 6.07) is 4.89. The first-order valence-corrected chi connectivity index (χ1v) is 9.39. The van der Waals surface area contributed by atoms with Crippen LogP contribution in [-0.4, -0.2) is 47.7 Å². The smallest absolute Gasteiger partial charge is 0.410 e. The molecule has 5 heteroatoms. The van der Waals surface area contributed by atoms with Crippen molar-refractivity contribution in [3.63, 3.8) is 0 Å². The highest BCUT2D eigenvalue weighted by Gasteiger charge is 2.31. The van der Waals surface area contributed by atoms with Crippen LogP contribution in [0, 0.1) is 0 Å². The molecular formula is C18H30N2O2S. The molecule has 1 aromatic rings. The minimum absolute atomic E-state index is 0.167. The van der Waals surface area contributed by atoms with Crippen molar-refractivity contribution in [2.75, 3.05) is 20.1 Å². The van der Waals surface area contributed by atoms with E-state index in [2.05, 4.69) is 36.4 Å². The molecule has 130 valence electrons. The Balaban J connectivity index is 1.99. The number of hydrogen-bond donors (Lipinski definition) is 0. The highest BCUT2D eigenvalue weighted by Crippen LogP contribution is 2.26. The van der Waals surface area contributed by atoms with Crippen LogP contribution in [0.3, 0.4) is 0 Å². The second kappa shape index (κ2) is 7.67. The van der Waals surface area contributed by atoms with E-state index in [1.165, 1.54) is 11.3 Å². The molecule has 0 bridgehead atoms. The van der Waals surface area contributed by atoms with E-state index in [-0.39, 0.29) is 12.1 Å². The number of thiophene rings is 1. The first kappa shape index (κ1) is 18.3. The van der Waals surface area contributed by atoms with Crippen LogP contribution in [0.25, 0.3) is 0 Å². The fourth-order valence-electron chi connectivity index (χ4n) is 2.99. The summed E-state index contributed by atoms with van der Waals surface area (Å²) >= 11 is 1.79. The molecule has 2 atom stereocenters. The van der Waals surface area contributed by atoms with Crippen molar-refractivity contribution in [3.05, 3.63) is 22.4 Å². The molecule has 1 aliphatic heterocycles. The van der Waals surface area contributed by atoms with Crippen molar-refractivity contribution in [1.29, 1.82) is 0 Å². The van der Waals surface area contributed by atoms with Crippen molar-refractivity contribution in [2.45, 2.75) is 64.6 Å². The van der Waals surface area contributed by atoms with E-state index in [4.69, 9.17) is 4.74 Å². The number of piperidine rings is 1. The molecule has 1 saturated heterocycles. The van der Waals surface area contributed by atoms with Gasteiger partial charge in [0.15, 0.2) is 0 Å². The van der Waals surface area contributed by atoms with Crippen molar-refractivity contribution in [3.8, 4) is 0 Å². The predicted octanol–water partition coefficient (Wildman–Crippen LogP) is 4.53. The number of nitrogens with zero attached hydrogens (tertiary/aromatic N) is 2. The Morgan fingerprint density at radius 1 is 1.48 bits per heavy atom. The highest BCUT2D eigenvalue weighted by molar-refractivity contribution is 7.10. The van der Waals surface area contributed by atoms with Gasteiger partial charge in [-0.25, -0.2) is 4.79 Å². The number of amides is 1. The van der Waals surface area contributed by atoms with Crippen LogP contribution in [0.4, 0.5) is 4.79 Å². The average molecular weight is 339 g/mol. The maximum Gasteiger partial charge on any atom is 0.410 e. The van der Waals surface area contributed by atoms with Crippen LogP contribution >= 0.6 is 11.3 Å². The van der Waals surface area contributed by atoms with Gasteiger partial charge in [-0.1, -0.05) is 6.07 Å². The van der Waals surface area contributed by atoms with Gasteiger partial charge < -0.3 is 9.64 Å². The van der Waals surface area contributed by atoms with Gasteiger partial charge in [-0.05, 0) is 65.5 Å². The van der Waals surface area contributed by atoms with E-state index in [1.807, 2.05) is 25.7 Å². The van der Waals surface area contributed by atoms with Crippen LogP contribution in [-0.2, 0) is 4.74 Å². The number of hydrogen-bond acceptors (Lipinski definition) is 4. The van der Waals surface area contributed by atoms with Crippen LogP contribution in [0.5, 0.6) is 0 Å². The Morgan fingerprint density at radius 3 is 2.83 bits per heavy atom. The monoisotopic (exact) mass is 338 g/mol. The summed E-state index contributed by atoms with van der Waals surface area (Å²) in [5.41, 5.74) is -0.435. The van der Waals surface area contributed by atoms with Gasteiger partial charge in [-0.15, -0.1) is 11.3 Å². The van der Waals surface area contributed by atoms with Crippen molar-refractivity contribution < 1.29 is 9.53 Å². The first-order valence-electron chi connectivity index (χ1n) is 8.51. The van der Waals surface area contributed by atoms with Crippen LogP contribution in [0.15, 0.2) is 17.5 Å². The summed E-state index contributed by atoms with van der Waals surface area (Å²) in [7, 11) is 2.15. The quantitative estimate of drug-likeness (QED) is 0.808. The Bertz CT molecular complexity index is 496. The summed E-state index contributed by atoms with van der Waals surface area (Å²) < 4.78 is 5.59. The fraction of sp³-hybridized carbons (Fsp3) is 0.722. The highest BCUT2D eigenvalue weighted by atomic mass is 32.1. The normalized spacial score (nSPS) is 20.6. The van der Waals surface area contributed by atoms with E-state index < -0.39 is 5.60 Å². The zero-order valence-corrected chi connectivity index (χ0v) is 15.9. The molecule has 4 nitrogen and oxygen atoms in total. The lowest BCUT2D eigenvalue weighted by atomic mass is 10.0. The van der Waals surface area contributed by atoms with Gasteiger partial charge in [0.25, 0.3) is 0 Å². The Labute approximate surface area is 144 Å². The standard InChI is InChI=1S/C18H30N2O2S/c1-14(16-10-8-12-23-16)19(5)13-15-9-6-7-11-20(15)17(21)22-18(2,3)4/h8,10,12,14-15H,6-7,9,11,13H2,1-5H3. The van der Waals surface area contributed by atoms with E-state index in [1.54, 1.807) is 11.3 Å². The fourth-order valence-corrected chi connectivity index (χ4v) is 3.84. The molecule has 23 heavy (non-hydrogen) atoms. The van der Waals surface area contributed by atoms with E-state index in [0.29, 0.717) is 6.04 Å². The Kier molecular flexibility index (Phi) is 6.09. The number of ether oxygens (including phenoxy) is 1. The summed E-state index contributed by atoms with van der Waals surface area (Å²) in [5.74, 6) is 0. The lowest BCUT2D eigenvalue weighted by Crippen LogP contribution is -2.50. The molecule has 1 aliphatic rings. The summed E-state index contributed by atoms with van der Waals surface area (Å²) in [6.07, 6.45) is 3.14. The maximum absolute atomic E-state index is 12.5. The molecule has 0 aliphatic carbocycles. The second-order valence-corrected chi connectivity index (χ2v) is 8.43. The number of likely N-dealkylation sites (N-methyl/N-ethyl adjacent to an activating group) is 1. The molecule has 2 unspecified atom stereocenters. The number of carbonyl (C=O) groups excluding carboxylic acids is 1. The van der Waals surface area contributed by atoms with Crippen LogP contribution in [0.1, 0.15) is 57.9 Å². The number of carbonyl (C=O) groups is 1. The molecule has 0 radical (unpaired) electrons. The summed E-state index contributed by atoms with van der Waals surface area (Å²) in [6.45, 7) is 9.70. The first-order chi connectivity index (χ1) is 10.8. The molecule has 0 N–H and O–H groups in total. The minimum atomic E-state index is -0.435. The van der Waals surface area contributed by atoms with Crippen LogP contribution in [0.2, 0.25) is 0 Å². The SMILES string of the molecule is CC(c1cccs1)N(C)CC1CCCCN1C(=O)OC(C)(C)C. The van der Waals surface area contributed by atoms with Gasteiger partial charge in [-0.2, -0.15) is 0 Å². The van der Waals surface area contributed by atoms with E-state index >= 15 is 0 Å². The van der Waals surface area contributed by atoms with Gasteiger partial charge in [-0.3, -0.25) is 4.90 Å². The van der Waals surface area contributed by atoms with Crippen LogP contribution < -0.4 is 0 Å². The second-order valence-electron chi connectivity index (χ2n) is 7.45. The third-order valence-electron chi connectivity index (χ3n) is 4.37. The van der Waals surface area contributed by atoms with E-state index in [9.17, 15) is 4.79 Å². The molecule has 0 aromatic carbocycles.